The Bertz CT molecular complexity index is 440. The predicted octanol–water partition coefficient (Wildman–Crippen LogP) is 2.22. The van der Waals surface area contributed by atoms with Crippen molar-refractivity contribution in [3.05, 3.63) is 17.8 Å². The lowest BCUT2D eigenvalue weighted by Crippen LogP contribution is -2.29. The molecule has 0 atom stereocenters. The Balaban J connectivity index is 2.23. The van der Waals surface area contributed by atoms with Crippen molar-refractivity contribution in [3.63, 3.8) is 0 Å². The maximum atomic E-state index is 11.5. The quantitative estimate of drug-likeness (QED) is 0.829. The zero-order valence-electron chi connectivity index (χ0n) is 11.4. The van der Waals surface area contributed by atoms with E-state index in [2.05, 4.69) is 9.88 Å². The van der Waals surface area contributed by atoms with Crippen molar-refractivity contribution in [2.45, 2.75) is 32.1 Å². The Morgan fingerprint density at radius 1 is 1.21 bits per heavy atom. The van der Waals surface area contributed by atoms with Crippen molar-refractivity contribution in [3.8, 4) is 0 Å². The fourth-order valence-electron chi connectivity index (χ4n) is 2.39. The number of nitrogens with zero attached hydrogens (tertiary/aromatic N) is 2. The molecular formula is C14H21N3O2. The summed E-state index contributed by atoms with van der Waals surface area (Å²) in [7, 11) is 1.36. The molecule has 0 bridgehead atoms. The van der Waals surface area contributed by atoms with Crippen LogP contribution in [0.4, 0.5) is 11.5 Å². The third-order valence-corrected chi connectivity index (χ3v) is 3.46. The minimum Gasteiger partial charge on any atom is -0.464 e. The SMILES string of the molecule is COC(=O)c1ccc(N)c(N2CCCCCCC2)n1. The maximum absolute atomic E-state index is 11.5. The van der Waals surface area contributed by atoms with Crippen molar-refractivity contribution in [2.24, 2.45) is 0 Å². The number of aromatic nitrogens is 1. The second kappa shape index (κ2) is 6.41. The molecule has 0 aliphatic carbocycles. The maximum Gasteiger partial charge on any atom is 0.356 e. The van der Waals surface area contributed by atoms with Crippen LogP contribution in [0.3, 0.4) is 0 Å². The van der Waals surface area contributed by atoms with E-state index < -0.39 is 5.97 Å². The molecule has 1 aromatic rings. The number of rotatable bonds is 2. The summed E-state index contributed by atoms with van der Waals surface area (Å²) >= 11 is 0. The Hall–Kier alpha value is -1.78. The largest absolute Gasteiger partial charge is 0.464 e. The molecule has 0 amide bonds. The van der Waals surface area contributed by atoms with E-state index in [0.29, 0.717) is 17.2 Å². The number of nitrogens with two attached hydrogens (primary N) is 1. The molecule has 1 fully saturated rings. The lowest BCUT2D eigenvalue weighted by atomic mass is 10.1. The second-order valence-electron chi connectivity index (χ2n) is 4.86. The van der Waals surface area contributed by atoms with E-state index >= 15 is 0 Å². The molecule has 0 aromatic carbocycles. The topological polar surface area (TPSA) is 68.5 Å². The van der Waals surface area contributed by atoms with Gasteiger partial charge < -0.3 is 15.4 Å². The number of pyridine rings is 1. The minimum absolute atomic E-state index is 0.314. The first-order chi connectivity index (χ1) is 9.22. The third kappa shape index (κ3) is 3.36. The molecule has 1 aromatic heterocycles. The van der Waals surface area contributed by atoms with E-state index in [4.69, 9.17) is 10.5 Å². The molecule has 5 heteroatoms. The van der Waals surface area contributed by atoms with Crippen molar-refractivity contribution >= 4 is 17.5 Å². The Labute approximate surface area is 113 Å². The van der Waals surface area contributed by atoms with Crippen molar-refractivity contribution in [1.29, 1.82) is 0 Å². The summed E-state index contributed by atoms with van der Waals surface area (Å²) < 4.78 is 4.70. The Kier molecular flexibility index (Phi) is 4.60. The van der Waals surface area contributed by atoms with E-state index in [9.17, 15) is 4.79 Å². The summed E-state index contributed by atoms with van der Waals surface area (Å²) in [4.78, 5) is 18.1. The molecule has 104 valence electrons. The molecule has 19 heavy (non-hydrogen) atoms. The van der Waals surface area contributed by atoms with Crippen molar-refractivity contribution < 1.29 is 9.53 Å². The van der Waals surface area contributed by atoms with E-state index in [1.54, 1.807) is 12.1 Å². The molecule has 0 saturated carbocycles. The third-order valence-electron chi connectivity index (χ3n) is 3.46. The fraction of sp³-hybridized carbons (Fsp3) is 0.571. The first-order valence-electron chi connectivity index (χ1n) is 6.82. The van der Waals surface area contributed by atoms with Gasteiger partial charge in [0.2, 0.25) is 0 Å². The average molecular weight is 263 g/mol. The number of carbonyl (C=O) groups excluding carboxylic acids is 1. The van der Waals surface area contributed by atoms with E-state index in [1.165, 1.54) is 26.4 Å². The van der Waals surface area contributed by atoms with Gasteiger partial charge in [-0.25, -0.2) is 9.78 Å². The van der Waals surface area contributed by atoms with E-state index in [0.717, 1.165) is 25.9 Å². The number of hydrogen-bond donors (Lipinski definition) is 1. The van der Waals surface area contributed by atoms with Crippen LogP contribution in [0.2, 0.25) is 0 Å². The standard InChI is InChI=1S/C14H21N3O2/c1-19-14(18)12-8-7-11(15)13(16-12)17-9-5-3-2-4-6-10-17/h7-8H,2-6,9-10,15H2,1H3. The van der Waals surface area contributed by atoms with Crippen LogP contribution in [0.5, 0.6) is 0 Å². The van der Waals surface area contributed by atoms with Gasteiger partial charge in [0.1, 0.15) is 0 Å². The van der Waals surface area contributed by atoms with Crippen LogP contribution in [0, 0.1) is 0 Å². The number of methoxy groups -OCH3 is 1. The fourth-order valence-corrected chi connectivity index (χ4v) is 2.39. The van der Waals surface area contributed by atoms with Gasteiger partial charge in [0.15, 0.2) is 11.5 Å². The highest BCUT2D eigenvalue weighted by Crippen LogP contribution is 2.24. The van der Waals surface area contributed by atoms with Gasteiger partial charge in [-0.1, -0.05) is 19.3 Å². The van der Waals surface area contributed by atoms with Crippen LogP contribution in [0.1, 0.15) is 42.6 Å². The summed E-state index contributed by atoms with van der Waals surface area (Å²) in [6, 6.07) is 3.34. The zero-order valence-corrected chi connectivity index (χ0v) is 11.4. The highest BCUT2D eigenvalue weighted by Gasteiger charge is 2.16. The van der Waals surface area contributed by atoms with Crippen LogP contribution in [0.25, 0.3) is 0 Å². The Morgan fingerprint density at radius 2 is 1.84 bits per heavy atom. The predicted molar refractivity (Wildman–Crippen MR) is 75.3 cm³/mol. The molecule has 0 spiro atoms. The van der Waals surface area contributed by atoms with E-state index in [1.807, 2.05) is 0 Å². The van der Waals surface area contributed by atoms with Gasteiger partial charge in [-0.15, -0.1) is 0 Å². The van der Waals surface area contributed by atoms with Gasteiger partial charge in [-0.3, -0.25) is 0 Å². The lowest BCUT2D eigenvalue weighted by molar-refractivity contribution is 0.0594. The first-order valence-corrected chi connectivity index (χ1v) is 6.82. The summed E-state index contributed by atoms with van der Waals surface area (Å²) in [6.07, 6.45) is 6.08. The first kappa shape index (κ1) is 13.6. The number of anilines is 2. The van der Waals surface area contributed by atoms with Crippen LogP contribution in [-0.4, -0.2) is 31.2 Å². The summed E-state index contributed by atoms with van der Waals surface area (Å²) in [5.74, 6) is 0.290. The average Bonchev–Trinajstić information content (AvgIpc) is 2.39. The number of ether oxygens (including phenoxy) is 1. The molecule has 5 nitrogen and oxygen atoms in total. The summed E-state index contributed by atoms with van der Waals surface area (Å²) in [6.45, 7) is 1.89. The van der Waals surface area contributed by atoms with Crippen molar-refractivity contribution in [1.82, 2.24) is 4.98 Å². The molecule has 0 unspecified atom stereocenters. The number of carbonyl (C=O) groups is 1. The minimum atomic E-state index is -0.423. The smallest absolute Gasteiger partial charge is 0.356 e. The zero-order chi connectivity index (χ0) is 13.7. The highest BCUT2D eigenvalue weighted by atomic mass is 16.5. The summed E-state index contributed by atoms with van der Waals surface area (Å²) in [5.41, 5.74) is 6.93. The number of esters is 1. The van der Waals surface area contributed by atoms with Gasteiger partial charge in [0.25, 0.3) is 0 Å². The van der Waals surface area contributed by atoms with Gasteiger partial charge in [-0.2, -0.15) is 0 Å². The van der Waals surface area contributed by atoms with Crippen LogP contribution in [0.15, 0.2) is 12.1 Å². The van der Waals surface area contributed by atoms with Gasteiger partial charge in [-0.05, 0) is 25.0 Å². The molecule has 1 aliphatic rings. The van der Waals surface area contributed by atoms with Gasteiger partial charge in [0, 0.05) is 13.1 Å². The molecule has 2 heterocycles. The lowest BCUT2D eigenvalue weighted by Gasteiger charge is -2.27. The Morgan fingerprint density at radius 3 is 2.47 bits per heavy atom. The number of hydrogen-bond acceptors (Lipinski definition) is 5. The molecule has 2 rings (SSSR count). The van der Waals surface area contributed by atoms with Crippen LogP contribution >= 0.6 is 0 Å². The van der Waals surface area contributed by atoms with Crippen molar-refractivity contribution in [2.75, 3.05) is 30.8 Å². The van der Waals surface area contributed by atoms with Gasteiger partial charge in [0.05, 0.1) is 12.8 Å². The van der Waals surface area contributed by atoms with Crippen LogP contribution < -0.4 is 10.6 Å². The molecule has 1 saturated heterocycles. The van der Waals surface area contributed by atoms with Crippen LogP contribution in [-0.2, 0) is 4.74 Å². The molecule has 0 radical (unpaired) electrons. The molecule has 1 aliphatic heterocycles. The van der Waals surface area contributed by atoms with E-state index in [-0.39, 0.29) is 0 Å². The van der Waals surface area contributed by atoms with Gasteiger partial charge >= 0.3 is 5.97 Å². The monoisotopic (exact) mass is 263 g/mol. The molecule has 2 N–H and O–H groups in total. The number of nitrogen functional groups attached to an aromatic ring is 1. The molecular weight excluding hydrogens is 242 g/mol. The second-order valence-corrected chi connectivity index (χ2v) is 4.86. The normalized spacial score (nSPS) is 16.6. The highest BCUT2D eigenvalue weighted by molar-refractivity contribution is 5.88. The summed E-state index contributed by atoms with van der Waals surface area (Å²) in [5, 5.41) is 0.